The van der Waals surface area contributed by atoms with Gasteiger partial charge < -0.3 is 19.4 Å². The fourth-order valence-corrected chi connectivity index (χ4v) is 5.43. The van der Waals surface area contributed by atoms with Gasteiger partial charge in [-0.15, -0.1) is 0 Å². The zero-order chi connectivity index (χ0) is 24.2. The van der Waals surface area contributed by atoms with E-state index in [0.29, 0.717) is 64.6 Å². The van der Waals surface area contributed by atoms with E-state index in [9.17, 15) is 14.4 Å². The first-order chi connectivity index (χ1) is 17.1. The second-order valence-corrected chi connectivity index (χ2v) is 9.71. The van der Waals surface area contributed by atoms with E-state index in [2.05, 4.69) is 4.90 Å². The van der Waals surface area contributed by atoms with Gasteiger partial charge in [0.15, 0.2) is 0 Å². The van der Waals surface area contributed by atoms with E-state index in [1.54, 1.807) is 0 Å². The molecule has 2 aromatic carbocycles. The molecule has 0 bridgehead atoms. The predicted octanol–water partition coefficient (Wildman–Crippen LogP) is 1.70. The number of hydrogen-bond acceptors (Lipinski definition) is 5. The Morgan fingerprint density at radius 1 is 0.800 bits per heavy atom. The van der Waals surface area contributed by atoms with Crippen molar-refractivity contribution in [2.45, 2.75) is 12.8 Å². The lowest BCUT2D eigenvalue weighted by atomic mass is 9.95. The van der Waals surface area contributed by atoms with E-state index < -0.39 is 0 Å². The maximum absolute atomic E-state index is 13.4. The van der Waals surface area contributed by atoms with Gasteiger partial charge in [0.25, 0.3) is 5.91 Å². The van der Waals surface area contributed by atoms with Gasteiger partial charge in [-0.3, -0.25) is 19.3 Å². The molecule has 3 amide bonds. The maximum Gasteiger partial charge on any atom is 0.254 e. The van der Waals surface area contributed by atoms with Gasteiger partial charge in [0, 0.05) is 57.9 Å². The first-order valence-corrected chi connectivity index (χ1v) is 12.7. The number of fused-ring (bicyclic) bond motifs is 1. The van der Waals surface area contributed by atoms with Crippen molar-refractivity contribution in [2.24, 2.45) is 5.92 Å². The van der Waals surface area contributed by atoms with E-state index in [-0.39, 0.29) is 23.6 Å². The third kappa shape index (κ3) is 5.33. The summed E-state index contributed by atoms with van der Waals surface area (Å²) in [5, 5.41) is 2.00. The number of nitrogens with zero attached hydrogens (tertiary/aromatic N) is 4. The highest BCUT2D eigenvalue weighted by Crippen LogP contribution is 2.25. The van der Waals surface area contributed by atoms with Crippen molar-refractivity contribution >= 4 is 28.5 Å². The predicted molar refractivity (Wildman–Crippen MR) is 133 cm³/mol. The minimum absolute atomic E-state index is 0.00201. The Labute approximate surface area is 206 Å². The van der Waals surface area contributed by atoms with Crippen LogP contribution in [0.5, 0.6) is 0 Å². The number of piperidine rings is 1. The van der Waals surface area contributed by atoms with Gasteiger partial charge in [-0.25, -0.2) is 0 Å². The number of likely N-dealkylation sites (tertiary alicyclic amines) is 1. The lowest BCUT2D eigenvalue weighted by Gasteiger charge is -2.39. The molecule has 8 heteroatoms. The maximum atomic E-state index is 13.4. The molecule has 0 N–H and O–H groups in total. The molecule has 0 aliphatic carbocycles. The lowest BCUT2D eigenvalue weighted by molar-refractivity contribution is -0.144. The van der Waals surface area contributed by atoms with Crippen LogP contribution in [0.1, 0.15) is 23.2 Å². The molecule has 5 rings (SSSR count). The summed E-state index contributed by atoms with van der Waals surface area (Å²) in [6, 6.07) is 13.7. The Morgan fingerprint density at radius 3 is 2.31 bits per heavy atom. The Balaban J connectivity index is 1.16. The topological polar surface area (TPSA) is 73.4 Å². The van der Waals surface area contributed by atoms with E-state index in [1.165, 1.54) is 0 Å². The van der Waals surface area contributed by atoms with Crippen molar-refractivity contribution < 1.29 is 19.1 Å². The molecular weight excluding hydrogens is 444 g/mol. The van der Waals surface area contributed by atoms with Crippen LogP contribution in [0.4, 0.5) is 0 Å². The van der Waals surface area contributed by atoms with Gasteiger partial charge >= 0.3 is 0 Å². The first-order valence-electron chi connectivity index (χ1n) is 12.7. The summed E-state index contributed by atoms with van der Waals surface area (Å²) in [4.78, 5) is 47.1. The molecule has 0 saturated carbocycles. The fourth-order valence-electron chi connectivity index (χ4n) is 5.43. The van der Waals surface area contributed by atoms with E-state index in [1.807, 2.05) is 57.2 Å². The quantitative estimate of drug-likeness (QED) is 0.669. The van der Waals surface area contributed by atoms with Crippen LogP contribution in [0.3, 0.4) is 0 Å². The van der Waals surface area contributed by atoms with Gasteiger partial charge in [-0.2, -0.15) is 0 Å². The van der Waals surface area contributed by atoms with Gasteiger partial charge in [0.1, 0.15) is 0 Å². The fraction of sp³-hybridized carbons (Fsp3) is 0.519. The molecule has 3 saturated heterocycles. The molecule has 3 aliphatic heterocycles. The number of benzene rings is 2. The number of ether oxygens (including phenoxy) is 1. The second kappa shape index (κ2) is 10.7. The molecule has 1 unspecified atom stereocenters. The van der Waals surface area contributed by atoms with E-state index in [4.69, 9.17) is 4.74 Å². The van der Waals surface area contributed by atoms with E-state index >= 15 is 0 Å². The first kappa shape index (κ1) is 23.8. The molecule has 35 heavy (non-hydrogen) atoms. The highest BCUT2D eigenvalue weighted by Gasteiger charge is 2.34. The molecule has 186 valence electrons. The molecule has 8 nitrogen and oxygen atoms in total. The third-order valence-electron chi connectivity index (χ3n) is 7.48. The van der Waals surface area contributed by atoms with Crippen molar-refractivity contribution in [3.05, 3.63) is 48.0 Å². The smallest absolute Gasteiger partial charge is 0.254 e. The van der Waals surface area contributed by atoms with Gasteiger partial charge in [-0.1, -0.05) is 36.4 Å². The number of amides is 3. The summed E-state index contributed by atoms with van der Waals surface area (Å²) >= 11 is 0. The molecule has 2 aromatic rings. The Bertz CT molecular complexity index is 1070. The largest absolute Gasteiger partial charge is 0.379 e. The number of rotatable bonds is 4. The molecule has 3 aliphatic rings. The van der Waals surface area contributed by atoms with Crippen LogP contribution in [0.2, 0.25) is 0 Å². The minimum Gasteiger partial charge on any atom is -0.379 e. The van der Waals surface area contributed by atoms with Gasteiger partial charge in [0.05, 0.1) is 25.7 Å². The standard InChI is InChI=1S/C27H34N4O4/c32-25(20-28-15-17-35-18-16-28)29-11-13-30(14-12-29)26(33)22-7-4-10-31(19-22)27(34)24-9-3-6-21-5-1-2-8-23(21)24/h1-3,5-6,8-9,22H,4,7,10-20H2. The SMILES string of the molecule is O=C(CN1CCOCC1)N1CCN(C(=O)C2CCCN(C(=O)c3cccc4ccccc34)C2)CC1. The molecule has 0 radical (unpaired) electrons. The van der Waals surface area contributed by atoms with Crippen molar-refractivity contribution in [3.63, 3.8) is 0 Å². The molecule has 1 atom stereocenters. The summed E-state index contributed by atoms with van der Waals surface area (Å²) < 4.78 is 5.36. The number of carbonyl (C=O) groups excluding carboxylic acids is 3. The highest BCUT2D eigenvalue weighted by molar-refractivity contribution is 6.07. The van der Waals surface area contributed by atoms with Gasteiger partial charge in [0.2, 0.25) is 11.8 Å². The van der Waals surface area contributed by atoms with E-state index in [0.717, 1.165) is 36.7 Å². The second-order valence-electron chi connectivity index (χ2n) is 9.71. The highest BCUT2D eigenvalue weighted by atomic mass is 16.5. The van der Waals surface area contributed by atoms with Crippen LogP contribution in [0.25, 0.3) is 10.8 Å². The molecule has 3 fully saturated rings. The van der Waals surface area contributed by atoms with Crippen molar-refractivity contribution in [3.8, 4) is 0 Å². The Kier molecular flexibility index (Phi) is 7.29. The third-order valence-corrected chi connectivity index (χ3v) is 7.48. The van der Waals surface area contributed by atoms with Crippen LogP contribution < -0.4 is 0 Å². The zero-order valence-corrected chi connectivity index (χ0v) is 20.2. The Hall–Kier alpha value is -2.97. The molecule has 0 spiro atoms. The van der Waals surface area contributed by atoms with Crippen LogP contribution >= 0.6 is 0 Å². The lowest BCUT2D eigenvalue weighted by Crippen LogP contribution is -2.55. The molecule has 0 aromatic heterocycles. The summed E-state index contributed by atoms with van der Waals surface area (Å²) in [5.41, 5.74) is 0.698. The number of hydrogen-bond donors (Lipinski definition) is 0. The van der Waals surface area contributed by atoms with Crippen LogP contribution in [-0.2, 0) is 14.3 Å². The number of piperazine rings is 1. The van der Waals surface area contributed by atoms with Crippen molar-refractivity contribution in [1.82, 2.24) is 19.6 Å². The van der Waals surface area contributed by atoms with Crippen molar-refractivity contribution in [1.29, 1.82) is 0 Å². The summed E-state index contributed by atoms with van der Waals surface area (Å²) in [6.45, 7) is 6.75. The summed E-state index contributed by atoms with van der Waals surface area (Å²) in [5.74, 6) is 0.0559. The van der Waals surface area contributed by atoms with Crippen LogP contribution in [-0.4, -0.2) is 109 Å². The van der Waals surface area contributed by atoms with Gasteiger partial charge in [-0.05, 0) is 29.7 Å². The normalized spacial score (nSPS) is 21.8. The van der Waals surface area contributed by atoms with Crippen LogP contribution in [0.15, 0.2) is 42.5 Å². The summed E-state index contributed by atoms with van der Waals surface area (Å²) in [6.07, 6.45) is 1.62. The molecule has 3 heterocycles. The molecular formula is C27H34N4O4. The van der Waals surface area contributed by atoms with Crippen molar-refractivity contribution in [2.75, 3.05) is 72.1 Å². The zero-order valence-electron chi connectivity index (χ0n) is 20.2. The number of carbonyl (C=O) groups is 3. The Morgan fingerprint density at radius 2 is 1.51 bits per heavy atom. The minimum atomic E-state index is -0.182. The number of morpholine rings is 1. The van der Waals surface area contributed by atoms with Crippen LogP contribution in [0, 0.1) is 5.92 Å². The average Bonchev–Trinajstić information content (AvgIpc) is 2.92. The average molecular weight is 479 g/mol. The monoisotopic (exact) mass is 478 g/mol. The summed E-state index contributed by atoms with van der Waals surface area (Å²) in [7, 11) is 0.